The first-order valence-corrected chi connectivity index (χ1v) is 10.3. The van der Waals surface area contributed by atoms with Gasteiger partial charge in [-0.2, -0.15) is 0 Å². The number of benzene rings is 3. The molecule has 3 aromatic carbocycles. The molecule has 0 aliphatic rings. The standard InChI is InChI=1S/C23H18N4O5S/c1-2-31-16-10-7-14(8-11-16)22-25-18-13-15(9-12-20(18)32-22)24-23(33)26-21(28)17-5-3-4-6-19(17)27(29)30/h3-13H,2H2,1H3,(H2,24,26,28,33). The Morgan fingerprint density at radius 2 is 1.91 bits per heavy atom. The van der Waals surface area contributed by atoms with Gasteiger partial charge in [0.05, 0.1) is 11.5 Å². The van der Waals surface area contributed by atoms with E-state index in [9.17, 15) is 14.9 Å². The summed E-state index contributed by atoms with van der Waals surface area (Å²) in [7, 11) is 0. The number of fused-ring (bicyclic) bond motifs is 1. The minimum absolute atomic E-state index is 0.00673. The number of aromatic nitrogens is 1. The molecule has 4 aromatic rings. The van der Waals surface area contributed by atoms with Crippen molar-refractivity contribution in [2.75, 3.05) is 11.9 Å². The summed E-state index contributed by atoms with van der Waals surface area (Å²) in [6.07, 6.45) is 0. The molecule has 0 atom stereocenters. The van der Waals surface area contributed by atoms with Crippen LogP contribution in [0, 0.1) is 10.1 Å². The average molecular weight is 462 g/mol. The van der Waals surface area contributed by atoms with Crippen LogP contribution >= 0.6 is 12.2 Å². The zero-order valence-electron chi connectivity index (χ0n) is 17.4. The molecular weight excluding hydrogens is 444 g/mol. The van der Waals surface area contributed by atoms with E-state index in [1.54, 1.807) is 24.3 Å². The van der Waals surface area contributed by atoms with Crippen LogP contribution in [-0.4, -0.2) is 27.5 Å². The van der Waals surface area contributed by atoms with E-state index in [-0.39, 0.29) is 16.4 Å². The van der Waals surface area contributed by atoms with Crippen LogP contribution in [0.25, 0.3) is 22.6 Å². The molecule has 1 heterocycles. The van der Waals surface area contributed by atoms with E-state index < -0.39 is 10.8 Å². The van der Waals surface area contributed by atoms with Crippen LogP contribution in [0.15, 0.2) is 71.1 Å². The van der Waals surface area contributed by atoms with Crippen molar-refractivity contribution in [2.24, 2.45) is 0 Å². The molecule has 4 rings (SSSR count). The number of nitrogens with zero attached hydrogens (tertiary/aromatic N) is 2. The van der Waals surface area contributed by atoms with Gasteiger partial charge in [0.15, 0.2) is 10.7 Å². The number of carbonyl (C=O) groups is 1. The van der Waals surface area contributed by atoms with Crippen LogP contribution in [0.3, 0.4) is 0 Å². The van der Waals surface area contributed by atoms with Crippen molar-refractivity contribution in [2.45, 2.75) is 6.92 Å². The smallest absolute Gasteiger partial charge is 0.282 e. The molecule has 0 spiro atoms. The molecule has 0 saturated heterocycles. The number of oxazole rings is 1. The zero-order valence-corrected chi connectivity index (χ0v) is 18.2. The Labute approximate surface area is 193 Å². The summed E-state index contributed by atoms with van der Waals surface area (Å²) in [6, 6.07) is 18.2. The van der Waals surface area contributed by atoms with Gasteiger partial charge in [-0.25, -0.2) is 4.98 Å². The van der Waals surface area contributed by atoms with E-state index in [0.717, 1.165) is 11.3 Å². The topological polar surface area (TPSA) is 120 Å². The number of amides is 1. The Hall–Kier alpha value is -4.31. The average Bonchev–Trinajstić information content (AvgIpc) is 3.23. The SMILES string of the molecule is CCOc1ccc(-c2nc3cc(NC(=S)NC(=O)c4ccccc4[N+](=O)[O-])ccc3o2)cc1. The number of para-hydroxylation sites is 1. The highest BCUT2D eigenvalue weighted by atomic mass is 32.1. The number of ether oxygens (including phenoxy) is 1. The van der Waals surface area contributed by atoms with Crippen LogP contribution in [0.4, 0.5) is 11.4 Å². The first-order chi connectivity index (χ1) is 15.9. The Kier molecular flexibility index (Phi) is 6.27. The van der Waals surface area contributed by atoms with Gasteiger partial charge in [-0.05, 0) is 67.7 Å². The fourth-order valence-electron chi connectivity index (χ4n) is 3.15. The molecule has 0 fully saturated rings. The van der Waals surface area contributed by atoms with E-state index in [1.165, 1.54) is 18.2 Å². The minimum atomic E-state index is -0.680. The second-order valence-electron chi connectivity index (χ2n) is 6.84. The van der Waals surface area contributed by atoms with Gasteiger partial charge >= 0.3 is 0 Å². The Bertz CT molecular complexity index is 1350. The number of rotatable bonds is 6. The lowest BCUT2D eigenvalue weighted by Crippen LogP contribution is -2.34. The Morgan fingerprint density at radius 1 is 1.15 bits per heavy atom. The van der Waals surface area contributed by atoms with Gasteiger partial charge in [0.1, 0.15) is 16.8 Å². The van der Waals surface area contributed by atoms with Crippen molar-refractivity contribution in [3.63, 3.8) is 0 Å². The maximum absolute atomic E-state index is 12.4. The van der Waals surface area contributed by atoms with Crippen LogP contribution in [0.1, 0.15) is 17.3 Å². The molecule has 33 heavy (non-hydrogen) atoms. The lowest BCUT2D eigenvalue weighted by atomic mass is 10.1. The van der Waals surface area contributed by atoms with Crippen LogP contribution in [-0.2, 0) is 0 Å². The fraction of sp³-hybridized carbons (Fsp3) is 0.0870. The quantitative estimate of drug-likeness (QED) is 0.235. The Morgan fingerprint density at radius 3 is 2.64 bits per heavy atom. The van der Waals surface area contributed by atoms with Crippen LogP contribution < -0.4 is 15.4 Å². The molecule has 10 heteroatoms. The molecule has 0 radical (unpaired) electrons. The van der Waals surface area contributed by atoms with Gasteiger partial charge in [0.25, 0.3) is 11.6 Å². The summed E-state index contributed by atoms with van der Waals surface area (Å²) >= 11 is 5.19. The van der Waals surface area contributed by atoms with Crippen LogP contribution in [0.5, 0.6) is 5.75 Å². The van der Waals surface area contributed by atoms with Crippen molar-refractivity contribution in [1.29, 1.82) is 0 Å². The molecule has 0 saturated carbocycles. The molecule has 0 bridgehead atoms. The third-order valence-corrected chi connectivity index (χ3v) is 4.83. The lowest BCUT2D eigenvalue weighted by Gasteiger charge is -2.09. The molecule has 1 amide bonds. The monoisotopic (exact) mass is 462 g/mol. The summed E-state index contributed by atoms with van der Waals surface area (Å²) in [5, 5.41) is 16.5. The van der Waals surface area contributed by atoms with Gasteiger partial charge in [-0.15, -0.1) is 0 Å². The van der Waals surface area contributed by atoms with E-state index in [1.807, 2.05) is 31.2 Å². The maximum atomic E-state index is 12.4. The highest BCUT2D eigenvalue weighted by Gasteiger charge is 2.20. The molecular formula is C23H18N4O5S. The normalized spacial score (nSPS) is 10.6. The number of nitro benzene ring substituents is 1. The zero-order chi connectivity index (χ0) is 23.4. The fourth-order valence-corrected chi connectivity index (χ4v) is 3.36. The highest BCUT2D eigenvalue weighted by Crippen LogP contribution is 2.27. The Balaban J connectivity index is 1.47. The number of thiocarbonyl (C=S) groups is 1. The van der Waals surface area contributed by atoms with Crippen molar-refractivity contribution >= 4 is 45.7 Å². The number of nitro groups is 1. The predicted molar refractivity (Wildman–Crippen MR) is 127 cm³/mol. The van der Waals surface area contributed by atoms with Gasteiger partial charge in [0.2, 0.25) is 5.89 Å². The minimum Gasteiger partial charge on any atom is -0.494 e. The second-order valence-corrected chi connectivity index (χ2v) is 7.25. The van der Waals surface area contributed by atoms with Gasteiger partial charge in [-0.1, -0.05) is 12.1 Å². The predicted octanol–water partition coefficient (Wildman–Crippen LogP) is 4.93. The molecule has 0 aliphatic heterocycles. The number of nitrogens with one attached hydrogen (secondary N) is 2. The molecule has 0 unspecified atom stereocenters. The largest absolute Gasteiger partial charge is 0.494 e. The molecule has 166 valence electrons. The van der Waals surface area contributed by atoms with E-state index in [4.69, 9.17) is 21.4 Å². The first-order valence-electron chi connectivity index (χ1n) is 9.94. The van der Waals surface area contributed by atoms with Gasteiger partial charge < -0.3 is 14.5 Å². The van der Waals surface area contributed by atoms with Crippen molar-refractivity contribution < 1.29 is 18.9 Å². The van der Waals surface area contributed by atoms with E-state index >= 15 is 0 Å². The maximum Gasteiger partial charge on any atom is 0.282 e. The second kappa shape index (κ2) is 9.45. The molecule has 2 N–H and O–H groups in total. The van der Waals surface area contributed by atoms with Crippen LogP contribution in [0.2, 0.25) is 0 Å². The molecule has 9 nitrogen and oxygen atoms in total. The van der Waals surface area contributed by atoms with Crippen molar-refractivity contribution in [1.82, 2.24) is 10.3 Å². The third kappa shape index (κ3) is 4.96. The number of hydrogen-bond acceptors (Lipinski definition) is 7. The summed E-state index contributed by atoms with van der Waals surface area (Å²) in [5.41, 5.74) is 2.16. The third-order valence-electron chi connectivity index (χ3n) is 4.63. The van der Waals surface area contributed by atoms with Gasteiger partial charge in [0, 0.05) is 17.3 Å². The van der Waals surface area contributed by atoms with Crippen molar-refractivity contribution in [3.05, 3.63) is 82.4 Å². The number of carbonyl (C=O) groups excluding carboxylic acids is 1. The first kappa shape index (κ1) is 21.9. The summed E-state index contributed by atoms with van der Waals surface area (Å²) in [6.45, 7) is 2.51. The van der Waals surface area contributed by atoms with Gasteiger partial charge in [-0.3, -0.25) is 20.2 Å². The summed E-state index contributed by atoms with van der Waals surface area (Å²) in [5.74, 6) is 0.540. The number of hydrogen-bond donors (Lipinski definition) is 2. The number of anilines is 1. The lowest BCUT2D eigenvalue weighted by molar-refractivity contribution is -0.385. The van der Waals surface area contributed by atoms with Crippen molar-refractivity contribution in [3.8, 4) is 17.2 Å². The molecule has 1 aromatic heterocycles. The van der Waals surface area contributed by atoms with E-state index in [2.05, 4.69) is 15.6 Å². The summed E-state index contributed by atoms with van der Waals surface area (Å²) in [4.78, 5) is 27.5. The highest BCUT2D eigenvalue weighted by molar-refractivity contribution is 7.80. The molecule has 0 aliphatic carbocycles. The van der Waals surface area contributed by atoms with E-state index in [0.29, 0.717) is 29.3 Å². The summed E-state index contributed by atoms with van der Waals surface area (Å²) < 4.78 is 11.3.